The lowest BCUT2D eigenvalue weighted by atomic mass is 10.1. The Hall–Kier alpha value is -1.94. The Morgan fingerprint density at radius 1 is 1.29 bits per heavy atom. The van der Waals surface area contributed by atoms with Crippen LogP contribution in [0.3, 0.4) is 0 Å². The van der Waals surface area contributed by atoms with Gasteiger partial charge >= 0.3 is 0 Å². The Kier molecular flexibility index (Phi) is 2.12. The van der Waals surface area contributed by atoms with E-state index in [-0.39, 0.29) is 0 Å². The largest absolute Gasteiger partial charge is 0.288 e. The Morgan fingerprint density at radius 3 is 2.86 bits per heavy atom. The first-order valence-corrected chi connectivity index (χ1v) is 4.11. The quantitative estimate of drug-likeness (QED) is 0.524. The molecule has 4 heteroatoms. The molecule has 0 saturated heterocycles. The molecule has 0 atom stereocenters. The van der Waals surface area contributed by atoms with Gasteiger partial charge in [-0.2, -0.15) is 0 Å². The molecule has 1 aromatic heterocycles. The van der Waals surface area contributed by atoms with Crippen molar-refractivity contribution in [3.63, 3.8) is 0 Å². The number of pyridine rings is 1. The van der Waals surface area contributed by atoms with Gasteiger partial charge in [0.1, 0.15) is 0 Å². The Labute approximate surface area is 80.2 Å². The van der Waals surface area contributed by atoms with Gasteiger partial charge in [-0.1, -0.05) is 18.2 Å². The molecule has 2 N–H and O–H groups in total. The zero-order valence-electron chi connectivity index (χ0n) is 7.27. The van der Waals surface area contributed by atoms with Gasteiger partial charge in [0.25, 0.3) is 5.91 Å². The highest BCUT2D eigenvalue weighted by molar-refractivity contribution is 6.05. The van der Waals surface area contributed by atoms with Gasteiger partial charge in [0.05, 0.1) is 11.1 Å². The number of nitrogens with one attached hydrogen (secondary N) is 1. The van der Waals surface area contributed by atoms with E-state index in [2.05, 4.69) is 4.98 Å². The van der Waals surface area contributed by atoms with E-state index < -0.39 is 5.91 Å². The van der Waals surface area contributed by atoms with Crippen LogP contribution in [0.5, 0.6) is 0 Å². The molecule has 0 fully saturated rings. The second-order valence-electron chi connectivity index (χ2n) is 2.82. The molecule has 2 aromatic rings. The monoisotopic (exact) mass is 188 g/mol. The van der Waals surface area contributed by atoms with Gasteiger partial charge in [-0.05, 0) is 12.1 Å². The van der Waals surface area contributed by atoms with Crippen LogP contribution >= 0.6 is 0 Å². The molecule has 1 amide bonds. The second-order valence-corrected chi connectivity index (χ2v) is 2.82. The van der Waals surface area contributed by atoms with Crippen LogP contribution in [0.4, 0.5) is 0 Å². The number of para-hydroxylation sites is 1. The van der Waals surface area contributed by atoms with E-state index in [9.17, 15) is 4.79 Å². The van der Waals surface area contributed by atoms with Crippen molar-refractivity contribution < 1.29 is 10.0 Å². The molecule has 0 saturated carbocycles. The minimum Gasteiger partial charge on any atom is -0.288 e. The zero-order valence-corrected chi connectivity index (χ0v) is 7.27. The molecule has 2 rings (SSSR count). The SMILES string of the molecule is O=C(NO)c1ccnc2ccccc12. The fourth-order valence-electron chi connectivity index (χ4n) is 1.35. The summed E-state index contributed by atoms with van der Waals surface area (Å²) in [5.74, 6) is -0.524. The molecule has 0 unspecified atom stereocenters. The summed E-state index contributed by atoms with van der Waals surface area (Å²) in [5, 5.41) is 9.25. The summed E-state index contributed by atoms with van der Waals surface area (Å²) >= 11 is 0. The Morgan fingerprint density at radius 2 is 2.07 bits per heavy atom. The lowest BCUT2D eigenvalue weighted by molar-refractivity contribution is 0.0708. The second kappa shape index (κ2) is 3.43. The summed E-state index contributed by atoms with van der Waals surface area (Å²) in [6.07, 6.45) is 1.53. The Bertz CT molecular complexity index is 477. The average Bonchev–Trinajstić information content (AvgIpc) is 2.27. The molecule has 1 heterocycles. The minimum atomic E-state index is -0.524. The summed E-state index contributed by atoms with van der Waals surface area (Å²) in [6, 6.07) is 8.82. The number of fused-ring (bicyclic) bond motifs is 1. The van der Waals surface area contributed by atoms with Crippen molar-refractivity contribution >= 4 is 16.8 Å². The number of nitrogens with zero attached hydrogens (tertiary/aromatic N) is 1. The molecular formula is C10H8N2O2. The van der Waals surface area contributed by atoms with E-state index in [4.69, 9.17) is 5.21 Å². The van der Waals surface area contributed by atoms with E-state index in [0.29, 0.717) is 5.56 Å². The maximum absolute atomic E-state index is 11.2. The average molecular weight is 188 g/mol. The van der Waals surface area contributed by atoms with Crippen LogP contribution in [-0.2, 0) is 0 Å². The molecule has 0 bridgehead atoms. The number of benzene rings is 1. The van der Waals surface area contributed by atoms with Gasteiger partial charge < -0.3 is 0 Å². The van der Waals surface area contributed by atoms with Gasteiger partial charge in [0.2, 0.25) is 0 Å². The summed E-state index contributed by atoms with van der Waals surface area (Å²) in [5.41, 5.74) is 2.75. The highest BCUT2D eigenvalue weighted by Crippen LogP contribution is 2.15. The summed E-state index contributed by atoms with van der Waals surface area (Å²) in [6.45, 7) is 0. The highest BCUT2D eigenvalue weighted by atomic mass is 16.5. The van der Waals surface area contributed by atoms with Crippen molar-refractivity contribution in [1.29, 1.82) is 0 Å². The summed E-state index contributed by atoms with van der Waals surface area (Å²) in [4.78, 5) is 15.3. The van der Waals surface area contributed by atoms with Crippen LogP contribution in [0.2, 0.25) is 0 Å². The van der Waals surface area contributed by atoms with Crippen LogP contribution in [0.25, 0.3) is 10.9 Å². The van der Waals surface area contributed by atoms with Crippen molar-refractivity contribution in [2.75, 3.05) is 0 Å². The zero-order chi connectivity index (χ0) is 9.97. The molecule has 4 nitrogen and oxygen atoms in total. The number of carbonyl (C=O) groups is 1. The van der Waals surface area contributed by atoms with E-state index >= 15 is 0 Å². The van der Waals surface area contributed by atoms with Gasteiger partial charge in [0.15, 0.2) is 0 Å². The molecule has 0 radical (unpaired) electrons. The van der Waals surface area contributed by atoms with Gasteiger partial charge in [0, 0.05) is 11.6 Å². The van der Waals surface area contributed by atoms with Gasteiger partial charge in [-0.25, -0.2) is 5.48 Å². The fraction of sp³-hybridized carbons (Fsp3) is 0. The number of amides is 1. The topological polar surface area (TPSA) is 62.2 Å². The van der Waals surface area contributed by atoms with Crippen LogP contribution in [0.1, 0.15) is 10.4 Å². The molecule has 14 heavy (non-hydrogen) atoms. The maximum atomic E-state index is 11.2. The van der Waals surface area contributed by atoms with Crippen molar-refractivity contribution in [1.82, 2.24) is 10.5 Å². The molecule has 1 aromatic carbocycles. The predicted molar refractivity (Wildman–Crippen MR) is 51.0 cm³/mol. The van der Waals surface area contributed by atoms with E-state index in [1.165, 1.54) is 6.20 Å². The summed E-state index contributed by atoms with van der Waals surface area (Å²) in [7, 11) is 0. The third-order valence-electron chi connectivity index (χ3n) is 2.00. The van der Waals surface area contributed by atoms with Crippen molar-refractivity contribution in [3.05, 3.63) is 42.1 Å². The lowest BCUT2D eigenvalue weighted by Crippen LogP contribution is -2.18. The van der Waals surface area contributed by atoms with E-state index in [1.807, 2.05) is 18.2 Å². The van der Waals surface area contributed by atoms with E-state index in [1.54, 1.807) is 17.6 Å². The number of carbonyl (C=O) groups excluding carboxylic acids is 1. The molecule has 0 spiro atoms. The number of rotatable bonds is 1. The molecule has 0 aliphatic rings. The van der Waals surface area contributed by atoms with Crippen molar-refractivity contribution in [3.8, 4) is 0 Å². The van der Waals surface area contributed by atoms with Crippen LogP contribution in [-0.4, -0.2) is 16.1 Å². The first-order valence-electron chi connectivity index (χ1n) is 4.11. The van der Waals surface area contributed by atoms with E-state index in [0.717, 1.165) is 10.9 Å². The first kappa shape index (κ1) is 8.65. The molecular weight excluding hydrogens is 180 g/mol. The molecule has 0 aliphatic carbocycles. The first-order chi connectivity index (χ1) is 6.83. The number of aromatic nitrogens is 1. The van der Waals surface area contributed by atoms with Crippen molar-refractivity contribution in [2.45, 2.75) is 0 Å². The highest BCUT2D eigenvalue weighted by Gasteiger charge is 2.08. The summed E-state index contributed by atoms with van der Waals surface area (Å²) < 4.78 is 0. The number of hydrogen-bond donors (Lipinski definition) is 2. The smallest absolute Gasteiger partial charge is 0.275 e. The molecule has 0 aliphatic heterocycles. The third kappa shape index (κ3) is 1.31. The van der Waals surface area contributed by atoms with Crippen LogP contribution < -0.4 is 5.48 Å². The van der Waals surface area contributed by atoms with Gasteiger partial charge in [-0.3, -0.25) is 15.0 Å². The molecule has 70 valence electrons. The normalized spacial score (nSPS) is 10.1. The maximum Gasteiger partial charge on any atom is 0.275 e. The van der Waals surface area contributed by atoms with Crippen LogP contribution in [0.15, 0.2) is 36.5 Å². The van der Waals surface area contributed by atoms with Crippen molar-refractivity contribution in [2.24, 2.45) is 0 Å². The number of hydrogen-bond acceptors (Lipinski definition) is 3. The predicted octanol–water partition coefficient (Wildman–Crippen LogP) is 1.35. The number of hydroxylamine groups is 1. The standard InChI is InChI=1S/C10H8N2O2/c13-10(12-14)8-5-6-11-9-4-2-1-3-7(8)9/h1-6,14H,(H,12,13). The third-order valence-corrected chi connectivity index (χ3v) is 2.00. The fourth-order valence-corrected chi connectivity index (χ4v) is 1.35. The van der Waals surface area contributed by atoms with Gasteiger partial charge in [-0.15, -0.1) is 0 Å². The Balaban J connectivity index is 2.71. The minimum absolute atomic E-state index is 0.415. The lowest BCUT2D eigenvalue weighted by Gasteiger charge is -2.02. The van der Waals surface area contributed by atoms with Crippen LogP contribution in [0, 0.1) is 0 Å².